The number of hydrogen-bond acceptors (Lipinski definition) is 10. The van der Waals surface area contributed by atoms with Gasteiger partial charge in [0.2, 0.25) is 9.84 Å². The third kappa shape index (κ3) is 5.08. The fourth-order valence-electron chi connectivity index (χ4n) is 4.11. The van der Waals surface area contributed by atoms with Gasteiger partial charge in [0.05, 0.1) is 26.5 Å². The second-order valence-electron chi connectivity index (χ2n) is 8.60. The second kappa shape index (κ2) is 10.7. The van der Waals surface area contributed by atoms with Crippen molar-refractivity contribution in [2.45, 2.75) is 74.7 Å². The molecule has 0 saturated carbocycles. The Hall–Kier alpha value is -3.73. The van der Waals surface area contributed by atoms with Crippen LogP contribution in [0.4, 0.5) is 0 Å². The third-order valence-corrected chi connectivity index (χ3v) is 7.85. The molecule has 10 nitrogen and oxygen atoms in total. The van der Waals surface area contributed by atoms with Gasteiger partial charge in [0, 0.05) is 18.4 Å². The third-order valence-electron chi connectivity index (χ3n) is 5.99. The van der Waals surface area contributed by atoms with E-state index in [-0.39, 0.29) is 40.0 Å². The fraction of sp³-hybridized carbons (Fsp3) is 0.385. The van der Waals surface area contributed by atoms with Crippen molar-refractivity contribution < 1.29 is 46.5 Å². The Morgan fingerprint density at radius 1 is 0.811 bits per heavy atom. The van der Waals surface area contributed by atoms with Crippen molar-refractivity contribution in [1.29, 1.82) is 0 Å². The van der Waals surface area contributed by atoms with Crippen molar-refractivity contribution in [2.24, 2.45) is 0 Å². The van der Waals surface area contributed by atoms with Crippen molar-refractivity contribution >= 4 is 33.7 Å². The number of cyclic esters (lactones) is 2. The number of fused-ring (bicyclic) bond motifs is 2. The molecule has 196 valence electrons. The van der Waals surface area contributed by atoms with Crippen molar-refractivity contribution in [3.8, 4) is 0 Å². The molecule has 0 saturated heterocycles. The van der Waals surface area contributed by atoms with Gasteiger partial charge in [-0.1, -0.05) is 44.9 Å². The van der Waals surface area contributed by atoms with E-state index in [9.17, 15) is 27.6 Å². The summed E-state index contributed by atoms with van der Waals surface area (Å²) in [6, 6.07) is 8.02. The van der Waals surface area contributed by atoms with Gasteiger partial charge in [-0.15, -0.1) is 0 Å². The summed E-state index contributed by atoms with van der Waals surface area (Å²) in [5, 5.41) is 0. The van der Waals surface area contributed by atoms with Crippen LogP contribution in [0, 0.1) is 0 Å². The van der Waals surface area contributed by atoms with E-state index in [4.69, 9.17) is 18.9 Å². The Morgan fingerprint density at radius 2 is 1.38 bits per heavy atom. The maximum absolute atomic E-state index is 13.9. The number of unbranched alkanes of at least 4 members (excludes halogenated alkanes) is 2. The number of hydrogen-bond donors (Lipinski definition) is 0. The van der Waals surface area contributed by atoms with Crippen LogP contribution in [-0.4, -0.2) is 32.3 Å². The summed E-state index contributed by atoms with van der Waals surface area (Å²) in [5.41, 5.74) is -0.357. The average Bonchev–Trinajstić information content (AvgIpc) is 3.37. The van der Waals surface area contributed by atoms with E-state index < -0.39 is 51.2 Å². The van der Waals surface area contributed by atoms with Crippen molar-refractivity contribution in [3.05, 3.63) is 58.7 Å². The van der Waals surface area contributed by atoms with Gasteiger partial charge in [-0.2, -0.15) is 0 Å². The lowest BCUT2D eigenvalue weighted by molar-refractivity contribution is -0.169. The molecule has 0 aliphatic carbocycles. The average molecular weight is 531 g/mol. The number of ether oxygens (including phenoxy) is 4. The molecule has 0 bridgehead atoms. The Morgan fingerprint density at radius 3 is 2.03 bits per heavy atom. The molecular formula is C26H26O10S. The van der Waals surface area contributed by atoms with E-state index in [1.165, 1.54) is 36.4 Å². The van der Waals surface area contributed by atoms with Crippen LogP contribution in [0.2, 0.25) is 0 Å². The van der Waals surface area contributed by atoms with E-state index >= 15 is 0 Å². The van der Waals surface area contributed by atoms with Crippen LogP contribution in [0.1, 0.15) is 96.8 Å². The number of carbonyl (C=O) groups excluding carboxylic acids is 4. The Labute approximate surface area is 213 Å². The first kappa shape index (κ1) is 26.3. The molecule has 2 heterocycles. The van der Waals surface area contributed by atoms with Crippen molar-refractivity contribution in [1.82, 2.24) is 0 Å². The number of esters is 4. The molecule has 2 aliphatic rings. The summed E-state index contributed by atoms with van der Waals surface area (Å²) < 4.78 is 48.6. The van der Waals surface area contributed by atoms with Crippen LogP contribution < -0.4 is 0 Å². The first-order valence-electron chi connectivity index (χ1n) is 12.0. The molecule has 0 aromatic heterocycles. The van der Waals surface area contributed by atoms with Gasteiger partial charge in [0.25, 0.3) is 12.6 Å². The van der Waals surface area contributed by atoms with E-state index in [2.05, 4.69) is 0 Å². The first-order chi connectivity index (χ1) is 17.7. The summed E-state index contributed by atoms with van der Waals surface area (Å²) in [4.78, 5) is 48.7. The maximum atomic E-state index is 13.9. The van der Waals surface area contributed by atoms with Gasteiger partial charge >= 0.3 is 23.9 Å². The quantitative estimate of drug-likeness (QED) is 0.408. The minimum Gasteiger partial charge on any atom is -0.421 e. The molecule has 0 radical (unpaired) electrons. The summed E-state index contributed by atoms with van der Waals surface area (Å²) >= 11 is 0. The molecule has 2 aromatic carbocycles. The highest BCUT2D eigenvalue weighted by atomic mass is 32.2. The van der Waals surface area contributed by atoms with E-state index in [1.54, 1.807) is 0 Å². The molecule has 2 aromatic rings. The topological polar surface area (TPSA) is 139 Å². The predicted molar refractivity (Wildman–Crippen MR) is 126 cm³/mol. The highest BCUT2D eigenvalue weighted by Gasteiger charge is 2.43. The maximum Gasteiger partial charge on any atom is 0.343 e. The lowest BCUT2D eigenvalue weighted by Crippen LogP contribution is -2.15. The molecular weight excluding hydrogens is 504 g/mol. The number of sulfone groups is 1. The lowest BCUT2D eigenvalue weighted by atomic mass is 10.1. The lowest BCUT2D eigenvalue weighted by Gasteiger charge is -2.16. The Bertz CT molecular complexity index is 1360. The fourth-order valence-corrected chi connectivity index (χ4v) is 5.83. The Balaban J connectivity index is 1.73. The number of benzene rings is 2. The van der Waals surface area contributed by atoms with Gasteiger partial charge in [-0.3, -0.25) is 9.59 Å². The molecule has 2 aliphatic heterocycles. The molecule has 11 heteroatoms. The molecule has 4 rings (SSSR count). The van der Waals surface area contributed by atoms with E-state index in [0.29, 0.717) is 12.8 Å². The Kier molecular flexibility index (Phi) is 7.63. The zero-order valence-corrected chi connectivity index (χ0v) is 21.2. The van der Waals surface area contributed by atoms with Gasteiger partial charge in [-0.25, -0.2) is 18.0 Å². The normalized spacial score (nSPS) is 18.0. The van der Waals surface area contributed by atoms with Crippen LogP contribution in [0.5, 0.6) is 0 Å². The van der Waals surface area contributed by atoms with Crippen LogP contribution in [-0.2, 0) is 38.4 Å². The molecule has 0 amide bonds. The molecule has 37 heavy (non-hydrogen) atoms. The molecule has 2 unspecified atom stereocenters. The SMILES string of the molecule is CCCCC(=O)OC1OC(=O)c2c1cccc2S(=O)(=O)c1cccc2c1C(OC(=O)CCCC)OC2=O. The molecule has 2 atom stereocenters. The van der Waals surface area contributed by atoms with E-state index in [1.807, 2.05) is 13.8 Å². The highest BCUT2D eigenvalue weighted by Crippen LogP contribution is 2.42. The van der Waals surface area contributed by atoms with Crippen LogP contribution in [0.25, 0.3) is 0 Å². The number of rotatable bonds is 10. The van der Waals surface area contributed by atoms with E-state index in [0.717, 1.165) is 12.8 Å². The van der Waals surface area contributed by atoms with Crippen LogP contribution in [0.3, 0.4) is 0 Å². The first-order valence-corrected chi connectivity index (χ1v) is 13.5. The minimum atomic E-state index is -4.46. The zero-order valence-electron chi connectivity index (χ0n) is 20.4. The summed E-state index contributed by atoms with van der Waals surface area (Å²) in [6.45, 7) is 3.80. The monoisotopic (exact) mass is 530 g/mol. The smallest absolute Gasteiger partial charge is 0.343 e. The minimum absolute atomic E-state index is 0.0627. The zero-order chi connectivity index (χ0) is 26.7. The van der Waals surface area contributed by atoms with Gasteiger partial charge in [0.15, 0.2) is 0 Å². The van der Waals surface area contributed by atoms with Gasteiger partial charge < -0.3 is 18.9 Å². The molecule has 0 N–H and O–H groups in total. The highest BCUT2D eigenvalue weighted by molar-refractivity contribution is 7.91. The summed E-state index contributed by atoms with van der Waals surface area (Å²) in [7, 11) is -4.46. The van der Waals surface area contributed by atoms with Gasteiger partial charge in [0.1, 0.15) is 0 Å². The predicted octanol–water partition coefficient (Wildman–Crippen LogP) is 4.32. The van der Waals surface area contributed by atoms with Crippen LogP contribution >= 0.6 is 0 Å². The van der Waals surface area contributed by atoms with Crippen molar-refractivity contribution in [3.63, 3.8) is 0 Å². The molecule has 0 spiro atoms. The molecule has 0 fully saturated rings. The second-order valence-corrected chi connectivity index (χ2v) is 10.5. The van der Waals surface area contributed by atoms with Crippen molar-refractivity contribution in [2.75, 3.05) is 0 Å². The summed E-state index contributed by atoms with van der Waals surface area (Å²) in [5.74, 6) is -3.02. The van der Waals surface area contributed by atoms with Crippen LogP contribution in [0.15, 0.2) is 46.2 Å². The standard InChI is InChI=1S/C26H26O10S/c1-3-5-13-19(27)33-25-16-10-8-11-17(21(16)24(30)36-25)37(31,32)18-12-7-9-15-22(18)26(35-23(15)29)34-20(28)14-6-4-2/h7-12,25-26H,3-6,13-14H2,1-2H3. The largest absolute Gasteiger partial charge is 0.421 e. The summed E-state index contributed by atoms with van der Waals surface area (Å²) in [6.07, 6.45) is -0.0823. The van der Waals surface area contributed by atoms with Gasteiger partial charge in [-0.05, 0) is 31.0 Å². The number of carbonyl (C=O) groups is 4.